The van der Waals surface area contributed by atoms with Crippen LogP contribution in [0.15, 0.2) is 22.7 Å². The number of nitrogens with zero attached hydrogens (tertiary/aromatic N) is 1. The average molecular weight is 344 g/mol. The van der Waals surface area contributed by atoms with Crippen LogP contribution in [-0.4, -0.2) is 46.8 Å². The number of benzene rings is 1. The van der Waals surface area contributed by atoms with E-state index in [0.717, 1.165) is 4.47 Å². The van der Waals surface area contributed by atoms with Crippen LogP contribution in [0.25, 0.3) is 0 Å². The Hall–Kier alpha value is -1.13. The SMILES string of the molecule is COCCOCCOCCOc1ccc(C#N)cc1Br. The molecule has 0 fully saturated rings. The van der Waals surface area contributed by atoms with Crippen molar-refractivity contribution in [1.82, 2.24) is 0 Å². The van der Waals surface area contributed by atoms with E-state index in [9.17, 15) is 0 Å². The van der Waals surface area contributed by atoms with Crippen molar-refractivity contribution in [2.75, 3.05) is 46.8 Å². The van der Waals surface area contributed by atoms with E-state index in [0.29, 0.717) is 51.0 Å². The predicted octanol–water partition coefficient (Wildman–Crippen LogP) is 2.38. The lowest BCUT2D eigenvalue weighted by Crippen LogP contribution is -2.12. The summed E-state index contributed by atoms with van der Waals surface area (Å²) in [7, 11) is 1.64. The summed E-state index contributed by atoms with van der Waals surface area (Å²) in [5, 5.41) is 8.75. The summed E-state index contributed by atoms with van der Waals surface area (Å²) in [6.07, 6.45) is 0. The molecule has 1 aromatic carbocycles. The fraction of sp³-hybridized carbons (Fsp3) is 0.500. The Morgan fingerprint density at radius 1 is 1.05 bits per heavy atom. The van der Waals surface area contributed by atoms with Gasteiger partial charge < -0.3 is 18.9 Å². The van der Waals surface area contributed by atoms with Crippen LogP contribution in [-0.2, 0) is 14.2 Å². The Kier molecular flexibility index (Phi) is 9.00. The van der Waals surface area contributed by atoms with Crippen molar-refractivity contribution in [3.63, 3.8) is 0 Å². The fourth-order valence-corrected chi connectivity index (χ4v) is 1.86. The molecule has 0 aromatic heterocycles. The summed E-state index contributed by atoms with van der Waals surface area (Å²) in [6.45, 7) is 3.18. The Morgan fingerprint density at radius 2 is 1.70 bits per heavy atom. The van der Waals surface area contributed by atoms with Gasteiger partial charge in [0, 0.05) is 7.11 Å². The monoisotopic (exact) mass is 343 g/mol. The van der Waals surface area contributed by atoms with Crippen LogP contribution in [0.2, 0.25) is 0 Å². The first kappa shape index (κ1) is 16.9. The highest BCUT2D eigenvalue weighted by Gasteiger charge is 2.02. The lowest BCUT2D eigenvalue weighted by molar-refractivity contribution is 0.0179. The molecule has 1 aromatic rings. The molecule has 110 valence electrons. The van der Waals surface area contributed by atoms with Crippen LogP contribution < -0.4 is 4.74 Å². The first-order valence-corrected chi connectivity index (χ1v) is 7.04. The number of hydrogen-bond donors (Lipinski definition) is 0. The van der Waals surface area contributed by atoms with Crippen LogP contribution >= 0.6 is 15.9 Å². The molecule has 0 saturated heterocycles. The molecule has 0 aliphatic heterocycles. The molecular formula is C14H18BrNO4. The smallest absolute Gasteiger partial charge is 0.133 e. The van der Waals surface area contributed by atoms with Crippen LogP contribution in [0.5, 0.6) is 5.75 Å². The zero-order valence-electron chi connectivity index (χ0n) is 11.4. The largest absolute Gasteiger partial charge is 0.490 e. The van der Waals surface area contributed by atoms with Crippen molar-refractivity contribution in [2.24, 2.45) is 0 Å². The molecular weight excluding hydrogens is 326 g/mol. The quantitative estimate of drug-likeness (QED) is 0.610. The van der Waals surface area contributed by atoms with E-state index in [1.165, 1.54) is 0 Å². The van der Waals surface area contributed by atoms with Crippen molar-refractivity contribution in [3.05, 3.63) is 28.2 Å². The van der Waals surface area contributed by atoms with Gasteiger partial charge in [0.05, 0.1) is 49.1 Å². The van der Waals surface area contributed by atoms with Crippen molar-refractivity contribution >= 4 is 15.9 Å². The summed E-state index contributed by atoms with van der Waals surface area (Å²) in [4.78, 5) is 0. The highest BCUT2D eigenvalue weighted by Crippen LogP contribution is 2.25. The topological polar surface area (TPSA) is 60.7 Å². The van der Waals surface area contributed by atoms with Gasteiger partial charge in [0.25, 0.3) is 0 Å². The van der Waals surface area contributed by atoms with Gasteiger partial charge in [0.1, 0.15) is 12.4 Å². The van der Waals surface area contributed by atoms with Gasteiger partial charge in [-0.05, 0) is 34.1 Å². The average Bonchev–Trinajstić information content (AvgIpc) is 2.47. The maximum atomic E-state index is 8.75. The van der Waals surface area contributed by atoms with E-state index in [4.69, 9.17) is 24.2 Å². The minimum absolute atomic E-state index is 0.447. The second-order valence-electron chi connectivity index (χ2n) is 3.82. The number of hydrogen-bond acceptors (Lipinski definition) is 5. The van der Waals surface area contributed by atoms with E-state index in [1.807, 2.05) is 0 Å². The molecule has 20 heavy (non-hydrogen) atoms. The maximum absolute atomic E-state index is 8.75. The second kappa shape index (κ2) is 10.6. The van der Waals surface area contributed by atoms with Crippen molar-refractivity contribution in [1.29, 1.82) is 5.26 Å². The molecule has 5 nitrogen and oxygen atoms in total. The molecule has 0 saturated carbocycles. The van der Waals surface area contributed by atoms with Gasteiger partial charge >= 0.3 is 0 Å². The second-order valence-corrected chi connectivity index (χ2v) is 4.68. The molecule has 0 N–H and O–H groups in total. The van der Waals surface area contributed by atoms with Crippen molar-refractivity contribution in [3.8, 4) is 11.8 Å². The lowest BCUT2D eigenvalue weighted by Gasteiger charge is -2.09. The van der Waals surface area contributed by atoms with Gasteiger partial charge in [-0.15, -0.1) is 0 Å². The third-order valence-corrected chi connectivity index (χ3v) is 2.97. The number of halogens is 1. The number of nitriles is 1. The summed E-state index contributed by atoms with van der Waals surface area (Å²) in [5.74, 6) is 0.698. The van der Waals surface area contributed by atoms with E-state index in [2.05, 4.69) is 22.0 Å². The standard InChI is InChI=1S/C14H18BrNO4/c1-17-4-5-18-6-7-19-8-9-20-14-3-2-12(11-16)10-13(14)15/h2-3,10H,4-9H2,1H3. The summed E-state index contributed by atoms with van der Waals surface area (Å²) >= 11 is 3.36. The normalized spacial score (nSPS) is 10.2. The predicted molar refractivity (Wildman–Crippen MR) is 77.9 cm³/mol. The van der Waals surface area contributed by atoms with Crippen LogP contribution in [0.4, 0.5) is 0 Å². The zero-order chi connectivity index (χ0) is 14.6. The van der Waals surface area contributed by atoms with Gasteiger partial charge in [-0.2, -0.15) is 5.26 Å². The van der Waals surface area contributed by atoms with E-state index in [-0.39, 0.29) is 0 Å². The molecule has 0 amide bonds. The summed E-state index contributed by atoms with van der Waals surface area (Å²) in [5.41, 5.74) is 0.591. The molecule has 0 heterocycles. The lowest BCUT2D eigenvalue weighted by atomic mass is 10.2. The van der Waals surface area contributed by atoms with Crippen molar-refractivity contribution < 1.29 is 18.9 Å². The minimum Gasteiger partial charge on any atom is -0.490 e. The first-order valence-electron chi connectivity index (χ1n) is 6.25. The third-order valence-electron chi connectivity index (χ3n) is 2.35. The van der Waals surface area contributed by atoms with E-state index < -0.39 is 0 Å². The molecule has 0 aliphatic carbocycles. The molecule has 0 aliphatic rings. The van der Waals surface area contributed by atoms with Crippen LogP contribution in [0.3, 0.4) is 0 Å². The van der Waals surface area contributed by atoms with Gasteiger partial charge in [-0.3, -0.25) is 0 Å². The third kappa shape index (κ3) is 6.87. The van der Waals surface area contributed by atoms with Gasteiger partial charge in [-0.1, -0.05) is 0 Å². The number of ether oxygens (including phenoxy) is 4. The molecule has 0 spiro atoms. The minimum atomic E-state index is 0.447. The van der Waals surface area contributed by atoms with Gasteiger partial charge in [0.2, 0.25) is 0 Å². The molecule has 6 heteroatoms. The fourth-order valence-electron chi connectivity index (χ4n) is 1.36. The zero-order valence-corrected chi connectivity index (χ0v) is 13.0. The molecule has 0 radical (unpaired) electrons. The Bertz CT molecular complexity index is 434. The molecule has 0 atom stereocenters. The summed E-state index contributed by atoms with van der Waals surface area (Å²) in [6, 6.07) is 7.26. The van der Waals surface area contributed by atoms with Crippen LogP contribution in [0.1, 0.15) is 5.56 Å². The van der Waals surface area contributed by atoms with Crippen molar-refractivity contribution in [2.45, 2.75) is 0 Å². The Balaban J connectivity index is 2.08. The van der Waals surface area contributed by atoms with E-state index in [1.54, 1.807) is 25.3 Å². The summed E-state index contributed by atoms with van der Waals surface area (Å²) < 4.78 is 21.8. The Labute approximate surface area is 127 Å². The van der Waals surface area contributed by atoms with Gasteiger partial charge in [-0.25, -0.2) is 0 Å². The molecule has 0 unspecified atom stereocenters. The van der Waals surface area contributed by atoms with E-state index >= 15 is 0 Å². The highest BCUT2D eigenvalue weighted by atomic mass is 79.9. The van der Waals surface area contributed by atoms with Crippen LogP contribution in [0, 0.1) is 11.3 Å². The Morgan fingerprint density at radius 3 is 2.30 bits per heavy atom. The maximum Gasteiger partial charge on any atom is 0.133 e. The number of methoxy groups -OCH3 is 1. The highest BCUT2D eigenvalue weighted by molar-refractivity contribution is 9.10. The molecule has 0 bridgehead atoms. The first-order chi connectivity index (χ1) is 9.77. The number of rotatable bonds is 10. The molecule has 1 rings (SSSR count). The van der Waals surface area contributed by atoms with Gasteiger partial charge in [0.15, 0.2) is 0 Å².